The first-order valence-corrected chi connectivity index (χ1v) is 10.0. The molecule has 0 atom stereocenters. The Bertz CT molecular complexity index is 753. The van der Waals surface area contributed by atoms with Crippen LogP contribution in [-0.2, 0) is 4.84 Å². The fourth-order valence-corrected chi connectivity index (χ4v) is 4.16. The summed E-state index contributed by atoms with van der Waals surface area (Å²) in [6.45, 7) is 5.44. The summed E-state index contributed by atoms with van der Waals surface area (Å²) in [5, 5.41) is 4.14. The van der Waals surface area contributed by atoms with Crippen molar-refractivity contribution in [2.24, 2.45) is 11.1 Å². The van der Waals surface area contributed by atoms with Crippen LogP contribution in [0.1, 0.15) is 55.8 Å². The summed E-state index contributed by atoms with van der Waals surface area (Å²) in [6.07, 6.45) is 13.1. The van der Waals surface area contributed by atoms with Crippen LogP contribution < -0.4 is 0 Å². The van der Waals surface area contributed by atoms with E-state index in [0.717, 1.165) is 43.4 Å². The van der Waals surface area contributed by atoms with Gasteiger partial charge in [-0.3, -0.25) is 4.79 Å². The van der Waals surface area contributed by atoms with Gasteiger partial charge in [0.2, 0.25) is 5.78 Å². The summed E-state index contributed by atoms with van der Waals surface area (Å²) in [7, 11) is 0. The molecule has 2 aliphatic carbocycles. The van der Waals surface area contributed by atoms with Gasteiger partial charge in [0.25, 0.3) is 0 Å². The van der Waals surface area contributed by atoms with E-state index < -0.39 is 0 Å². The first-order chi connectivity index (χ1) is 12.6. The molecule has 2 aliphatic rings. The molecule has 1 fully saturated rings. The van der Waals surface area contributed by atoms with Crippen LogP contribution in [0.4, 0.5) is 0 Å². The molecule has 1 aromatic rings. The quantitative estimate of drug-likeness (QED) is 0.246. The SMILES string of the molecule is C=C(C)O/N=C(/C(=O)c1ccc(SC2=CCCC=C2)cc1)C1CCCC1. The molecule has 0 heterocycles. The molecule has 26 heavy (non-hydrogen) atoms. The molecule has 0 unspecified atom stereocenters. The molecule has 0 saturated heterocycles. The van der Waals surface area contributed by atoms with Crippen molar-refractivity contribution in [2.75, 3.05) is 0 Å². The molecule has 0 bridgehead atoms. The number of nitrogens with zero attached hydrogens (tertiary/aromatic N) is 1. The molecule has 4 heteroatoms. The van der Waals surface area contributed by atoms with Crippen molar-refractivity contribution in [3.05, 3.63) is 65.3 Å². The second-order valence-corrected chi connectivity index (χ2v) is 7.94. The summed E-state index contributed by atoms with van der Waals surface area (Å²) in [4.78, 5) is 20.6. The number of hydrogen-bond donors (Lipinski definition) is 0. The Morgan fingerprint density at radius 2 is 1.92 bits per heavy atom. The maximum atomic E-state index is 13.0. The number of Topliss-reactive ketones (excluding diaryl/α,β-unsaturated/α-hetero) is 1. The lowest BCUT2D eigenvalue weighted by Crippen LogP contribution is -2.22. The number of oxime groups is 1. The lowest BCUT2D eigenvalue weighted by atomic mass is 9.94. The fraction of sp³-hybridized carbons (Fsp3) is 0.364. The number of allylic oxidation sites excluding steroid dienone is 4. The molecule has 0 amide bonds. The van der Waals surface area contributed by atoms with E-state index in [2.05, 4.69) is 30.0 Å². The Morgan fingerprint density at radius 3 is 2.54 bits per heavy atom. The van der Waals surface area contributed by atoms with Gasteiger partial charge >= 0.3 is 0 Å². The van der Waals surface area contributed by atoms with Gasteiger partial charge in [0.15, 0.2) is 0 Å². The van der Waals surface area contributed by atoms with Gasteiger partial charge < -0.3 is 4.84 Å². The highest BCUT2D eigenvalue weighted by atomic mass is 32.2. The maximum absolute atomic E-state index is 13.0. The van der Waals surface area contributed by atoms with Crippen molar-refractivity contribution < 1.29 is 9.63 Å². The van der Waals surface area contributed by atoms with Crippen LogP contribution in [0.5, 0.6) is 0 Å². The van der Waals surface area contributed by atoms with E-state index in [9.17, 15) is 4.79 Å². The molecule has 1 aromatic carbocycles. The summed E-state index contributed by atoms with van der Waals surface area (Å²) in [6, 6.07) is 7.80. The second-order valence-electron chi connectivity index (χ2n) is 6.79. The summed E-state index contributed by atoms with van der Waals surface area (Å²) in [5.74, 6) is 0.647. The topological polar surface area (TPSA) is 38.7 Å². The predicted octanol–water partition coefficient (Wildman–Crippen LogP) is 6.29. The van der Waals surface area contributed by atoms with Gasteiger partial charge in [-0.25, -0.2) is 0 Å². The largest absolute Gasteiger partial charge is 0.362 e. The van der Waals surface area contributed by atoms with Crippen molar-refractivity contribution in [3.8, 4) is 0 Å². The van der Waals surface area contributed by atoms with E-state index in [1.54, 1.807) is 18.7 Å². The van der Waals surface area contributed by atoms with E-state index in [-0.39, 0.29) is 11.7 Å². The minimum atomic E-state index is -0.0357. The third kappa shape index (κ3) is 4.98. The van der Waals surface area contributed by atoms with Crippen molar-refractivity contribution in [1.82, 2.24) is 0 Å². The van der Waals surface area contributed by atoms with Gasteiger partial charge in [-0.1, -0.05) is 54.6 Å². The van der Waals surface area contributed by atoms with Crippen LogP contribution in [0.25, 0.3) is 0 Å². The number of hydrogen-bond acceptors (Lipinski definition) is 4. The van der Waals surface area contributed by atoms with Crippen molar-refractivity contribution in [2.45, 2.75) is 50.3 Å². The van der Waals surface area contributed by atoms with Gasteiger partial charge in [-0.2, -0.15) is 0 Å². The highest BCUT2D eigenvalue weighted by molar-refractivity contribution is 8.03. The third-order valence-electron chi connectivity index (χ3n) is 4.59. The minimum absolute atomic E-state index is 0.0357. The maximum Gasteiger partial charge on any atom is 0.210 e. The highest BCUT2D eigenvalue weighted by Gasteiger charge is 2.28. The molecule has 136 valence electrons. The molecule has 0 spiro atoms. The number of thioether (sulfide) groups is 1. The molecule has 0 aliphatic heterocycles. The Hall–Kier alpha value is -2.07. The van der Waals surface area contributed by atoms with Gasteiger partial charge in [0.05, 0.1) is 0 Å². The van der Waals surface area contributed by atoms with Crippen LogP contribution in [0, 0.1) is 5.92 Å². The van der Waals surface area contributed by atoms with Crippen LogP contribution in [0.15, 0.2) is 69.8 Å². The molecule has 3 nitrogen and oxygen atoms in total. The normalized spacial score (nSPS) is 17.9. The van der Waals surface area contributed by atoms with Gasteiger partial charge in [0.1, 0.15) is 11.5 Å². The minimum Gasteiger partial charge on any atom is -0.362 e. The molecule has 0 aromatic heterocycles. The predicted molar refractivity (Wildman–Crippen MR) is 108 cm³/mol. The van der Waals surface area contributed by atoms with Gasteiger partial charge in [-0.05, 0) is 56.9 Å². The molecular weight excluding hydrogens is 342 g/mol. The monoisotopic (exact) mass is 367 g/mol. The lowest BCUT2D eigenvalue weighted by Gasteiger charge is -2.12. The molecular formula is C22H25NO2S. The Kier molecular flexibility index (Phi) is 6.51. The first kappa shape index (κ1) is 18.7. The third-order valence-corrected chi connectivity index (χ3v) is 5.63. The van der Waals surface area contributed by atoms with Crippen LogP contribution in [-0.4, -0.2) is 11.5 Å². The van der Waals surface area contributed by atoms with Gasteiger partial charge in [-0.15, -0.1) is 0 Å². The van der Waals surface area contributed by atoms with E-state index >= 15 is 0 Å². The van der Waals surface area contributed by atoms with Crippen LogP contribution >= 0.6 is 11.8 Å². The number of carbonyl (C=O) groups is 1. The first-order valence-electron chi connectivity index (χ1n) is 9.23. The molecule has 3 rings (SSSR count). The highest BCUT2D eigenvalue weighted by Crippen LogP contribution is 2.31. The zero-order valence-electron chi connectivity index (χ0n) is 15.2. The van der Waals surface area contributed by atoms with E-state index in [4.69, 9.17) is 4.84 Å². The summed E-state index contributed by atoms with van der Waals surface area (Å²) < 4.78 is 0. The average molecular weight is 368 g/mol. The fourth-order valence-electron chi connectivity index (χ4n) is 3.25. The molecule has 1 saturated carbocycles. The Balaban J connectivity index is 1.74. The van der Waals surface area contributed by atoms with Crippen LogP contribution in [0.3, 0.4) is 0 Å². The summed E-state index contributed by atoms with van der Waals surface area (Å²) >= 11 is 1.73. The zero-order valence-corrected chi connectivity index (χ0v) is 16.1. The van der Waals surface area contributed by atoms with Crippen molar-refractivity contribution >= 4 is 23.3 Å². The van der Waals surface area contributed by atoms with Gasteiger partial charge in [0, 0.05) is 21.3 Å². The van der Waals surface area contributed by atoms with E-state index in [0.29, 0.717) is 17.0 Å². The van der Waals surface area contributed by atoms with Crippen molar-refractivity contribution in [1.29, 1.82) is 0 Å². The Morgan fingerprint density at radius 1 is 1.19 bits per heavy atom. The number of ketones is 1. The van der Waals surface area contributed by atoms with E-state index in [1.165, 1.54) is 4.91 Å². The second kappa shape index (κ2) is 9.04. The Labute approximate surface area is 159 Å². The van der Waals surface area contributed by atoms with E-state index in [1.807, 2.05) is 24.3 Å². The average Bonchev–Trinajstić information content (AvgIpc) is 3.17. The molecule has 0 N–H and O–H groups in total. The number of rotatable bonds is 7. The van der Waals surface area contributed by atoms with Crippen molar-refractivity contribution in [3.63, 3.8) is 0 Å². The standard InChI is InChI=1S/C22H25NO2S/c1-16(2)25-23-21(17-8-6-7-9-17)22(24)18-12-14-20(15-13-18)26-19-10-4-3-5-11-19/h4,10-15,17H,1,3,5-9H2,2H3/b23-21+. The van der Waals surface area contributed by atoms with Crippen LogP contribution in [0.2, 0.25) is 0 Å². The number of carbonyl (C=O) groups excluding carboxylic acids is 1. The molecule has 0 radical (unpaired) electrons. The lowest BCUT2D eigenvalue weighted by molar-refractivity contribution is 0.105. The summed E-state index contributed by atoms with van der Waals surface area (Å²) in [5.41, 5.74) is 1.20. The zero-order chi connectivity index (χ0) is 18.4. The smallest absolute Gasteiger partial charge is 0.210 e. The number of benzene rings is 1.